The van der Waals surface area contributed by atoms with Crippen molar-refractivity contribution in [2.24, 2.45) is 0 Å². The Balaban J connectivity index is 2.40. The summed E-state index contributed by atoms with van der Waals surface area (Å²) in [5.41, 5.74) is -4.02. The van der Waals surface area contributed by atoms with Crippen molar-refractivity contribution in [3.63, 3.8) is 0 Å². The second-order valence-electron chi connectivity index (χ2n) is 7.61. The first-order valence-corrected chi connectivity index (χ1v) is 9.25. The monoisotopic (exact) mass is 473 g/mol. The highest BCUT2D eigenvalue weighted by molar-refractivity contribution is 5.90. The lowest BCUT2D eigenvalue weighted by Gasteiger charge is -2.38. The van der Waals surface area contributed by atoms with Crippen LogP contribution >= 0.6 is 0 Å². The van der Waals surface area contributed by atoms with Crippen LogP contribution in [0.4, 0.5) is 27.6 Å². The van der Waals surface area contributed by atoms with Crippen LogP contribution in [0.5, 0.6) is 5.75 Å². The lowest BCUT2D eigenvalue weighted by molar-refractivity contribution is -0.385. The average Bonchev–Trinajstić information content (AvgIpc) is 2.68. The summed E-state index contributed by atoms with van der Waals surface area (Å²) in [5.74, 6) is -8.47. The van der Waals surface area contributed by atoms with E-state index in [-0.39, 0.29) is 22.6 Å². The first-order chi connectivity index (χ1) is 15.1. The average molecular weight is 473 g/mol. The van der Waals surface area contributed by atoms with Gasteiger partial charge < -0.3 is 10.1 Å². The molecule has 0 spiro atoms. The molecule has 3 rings (SSSR count). The van der Waals surface area contributed by atoms with Crippen molar-refractivity contribution in [2.45, 2.75) is 38.5 Å². The molecule has 1 amide bonds. The minimum absolute atomic E-state index is 0.00515. The molecule has 1 aromatic carbocycles. The molecule has 1 aliphatic rings. The fourth-order valence-corrected chi connectivity index (χ4v) is 3.37. The lowest BCUT2D eigenvalue weighted by Crippen LogP contribution is -2.54. The fraction of sp³-hybridized carbons (Fsp3) is 0.300. The van der Waals surface area contributed by atoms with E-state index in [0.29, 0.717) is 0 Å². The molecule has 0 saturated heterocycles. The number of nitrogens with zero attached hydrogens (tertiary/aromatic N) is 2. The van der Waals surface area contributed by atoms with E-state index in [0.717, 1.165) is 16.7 Å². The number of hydrogen-bond donors (Lipinski definition) is 1. The second kappa shape index (κ2) is 7.67. The van der Waals surface area contributed by atoms with Gasteiger partial charge in [-0.1, -0.05) is 6.07 Å². The molecule has 0 saturated carbocycles. The molecular formula is C20H16F5N3O5. The van der Waals surface area contributed by atoms with Gasteiger partial charge in [-0.15, -0.1) is 0 Å². The van der Waals surface area contributed by atoms with Gasteiger partial charge in [0.1, 0.15) is 11.4 Å². The Labute approximate surface area is 182 Å². The number of nitro groups is 1. The zero-order valence-corrected chi connectivity index (χ0v) is 17.3. The number of aromatic nitrogens is 1. The predicted molar refractivity (Wildman–Crippen MR) is 105 cm³/mol. The molecule has 0 aliphatic carbocycles. The van der Waals surface area contributed by atoms with Crippen LogP contribution in [0.25, 0.3) is 5.70 Å². The minimum Gasteiger partial charge on any atom is -0.481 e. The van der Waals surface area contributed by atoms with Crippen molar-refractivity contribution in [3.8, 4) is 5.75 Å². The highest BCUT2D eigenvalue weighted by Gasteiger charge is 2.64. The van der Waals surface area contributed by atoms with Crippen molar-refractivity contribution in [3.05, 3.63) is 73.8 Å². The van der Waals surface area contributed by atoms with Gasteiger partial charge in [0.05, 0.1) is 21.9 Å². The molecule has 1 N–H and O–H groups in total. The molecule has 0 unspecified atom stereocenters. The number of pyridine rings is 1. The maximum Gasteiger partial charge on any atom is 0.463 e. The second-order valence-corrected chi connectivity index (χ2v) is 7.61. The number of alkyl halides is 5. The lowest BCUT2D eigenvalue weighted by atomic mass is 9.91. The Hall–Kier alpha value is -3.77. The number of carbonyl (C=O) groups is 1. The third kappa shape index (κ3) is 3.94. The largest absolute Gasteiger partial charge is 0.481 e. The van der Waals surface area contributed by atoms with Gasteiger partial charge in [-0.25, -0.2) is 0 Å². The van der Waals surface area contributed by atoms with Gasteiger partial charge in [0.2, 0.25) is 0 Å². The molecule has 33 heavy (non-hydrogen) atoms. The summed E-state index contributed by atoms with van der Waals surface area (Å²) in [4.78, 5) is 35.3. The Kier molecular flexibility index (Phi) is 5.55. The molecule has 176 valence electrons. The molecule has 0 atom stereocenters. The van der Waals surface area contributed by atoms with E-state index < -0.39 is 45.5 Å². The van der Waals surface area contributed by atoms with Crippen molar-refractivity contribution in [1.82, 2.24) is 9.88 Å². The quantitative estimate of drug-likeness (QED) is 0.414. The van der Waals surface area contributed by atoms with Crippen molar-refractivity contribution >= 4 is 17.3 Å². The van der Waals surface area contributed by atoms with Gasteiger partial charge in [-0.2, -0.15) is 22.0 Å². The molecule has 1 aliphatic heterocycles. The molecule has 0 radical (unpaired) electrons. The SMILES string of the molecule is Cc1c([N+](=O)[O-])ccc2c1C(n1ccccc1=O)=C(NC(=O)C(F)(F)C(F)(F)F)C(C)(C)O2. The molecule has 8 nitrogen and oxygen atoms in total. The van der Waals surface area contributed by atoms with Gasteiger partial charge in [0.15, 0.2) is 0 Å². The first kappa shape index (κ1) is 23.9. The summed E-state index contributed by atoms with van der Waals surface area (Å²) in [7, 11) is 0. The van der Waals surface area contributed by atoms with Crippen LogP contribution in [-0.2, 0) is 4.79 Å². The standard InChI is InChI=1S/C20H16F5N3O5/c1-10-11(28(31)32)7-8-12-14(10)15(27-9-5-4-6-13(27)29)16(18(2,3)33-12)26-17(30)19(21,22)20(23,24)25/h4-9H,1-3H3,(H,26,30). The van der Waals surface area contributed by atoms with Crippen molar-refractivity contribution < 1.29 is 36.4 Å². The molecule has 2 heterocycles. The van der Waals surface area contributed by atoms with Crippen LogP contribution in [0.15, 0.2) is 47.0 Å². The van der Waals surface area contributed by atoms with Crippen LogP contribution in [0.1, 0.15) is 25.0 Å². The Bertz CT molecular complexity index is 1250. The van der Waals surface area contributed by atoms with E-state index in [4.69, 9.17) is 4.74 Å². The number of nitrogens with one attached hydrogen (secondary N) is 1. The molecule has 1 aromatic heterocycles. The summed E-state index contributed by atoms with van der Waals surface area (Å²) in [6.45, 7) is 3.82. The number of ether oxygens (including phenoxy) is 1. The first-order valence-electron chi connectivity index (χ1n) is 9.25. The zero-order chi connectivity index (χ0) is 24.9. The normalized spacial score (nSPS) is 15.5. The molecule has 0 bridgehead atoms. The molecule has 13 heteroatoms. The number of halogens is 5. The van der Waals surface area contributed by atoms with E-state index in [1.165, 1.54) is 45.2 Å². The highest BCUT2D eigenvalue weighted by atomic mass is 19.4. The van der Waals surface area contributed by atoms with E-state index in [1.807, 2.05) is 0 Å². The van der Waals surface area contributed by atoms with E-state index in [9.17, 15) is 41.7 Å². The molecular weight excluding hydrogens is 457 g/mol. The number of carbonyl (C=O) groups excluding carboxylic acids is 1. The van der Waals surface area contributed by atoms with Gasteiger partial charge in [-0.05, 0) is 32.9 Å². The molecule has 0 fully saturated rings. The Morgan fingerprint density at radius 1 is 1.15 bits per heavy atom. The highest BCUT2D eigenvalue weighted by Crippen LogP contribution is 2.45. The van der Waals surface area contributed by atoms with Crippen LogP contribution < -0.4 is 15.6 Å². The van der Waals surface area contributed by atoms with Gasteiger partial charge in [0, 0.05) is 23.9 Å². The predicted octanol–water partition coefficient (Wildman–Crippen LogP) is 3.77. The van der Waals surface area contributed by atoms with Crippen LogP contribution in [0.3, 0.4) is 0 Å². The van der Waals surface area contributed by atoms with Gasteiger partial charge >= 0.3 is 18.0 Å². The summed E-state index contributed by atoms with van der Waals surface area (Å²) in [6, 6.07) is 6.12. The van der Waals surface area contributed by atoms with Gasteiger partial charge in [-0.3, -0.25) is 24.3 Å². The maximum atomic E-state index is 13.7. The number of hydrogen-bond acceptors (Lipinski definition) is 5. The smallest absolute Gasteiger partial charge is 0.463 e. The maximum absolute atomic E-state index is 13.7. The van der Waals surface area contributed by atoms with Crippen molar-refractivity contribution in [1.29, 1.82) is 0 Å². The number of fused-ring (bicyclic) bond motifs is 1. The minimum atomic E-state index is -6.19. The molecule has 2 aromatic rings. The van der Waals surface area contributed by atoms with Crippen LogP contribution in [-0.4, -0.2) is 33.1 Å². The zero-order valence-electron chi connectivity index (χ0n) is 17.3. The van der Waals surface area contributed by atoms with E-state index in [1.54, 1.807) is 5.32 Å². The Morgan fingerprint density at radius 3 is 2.33 bits per heavy atom. The van der Waals surface area contributed by atoms with Gasteiger partial charge in [0.25, 0.3) is 11.2 Å². The third-order valence-electron chi connectivity index (χ3n) is 4.98. The van der Waals surface area contributed by atoms with Crippen LogP contribution in [0.2, 0.25) is 0 Å². The van der Waals surface area contributed by atoms with Crippen LogP contribution in [0, 0.1) is 17.0 Å². The topological polar surface area (TPSA) is 103 Å². The van der Waals surface area contributed by atoms with E-state index >= 15 is 0 Å². The van der Waals surface area contributed by atoms with Crippen molar-refractivity contribution in [2.75, 3.05) is 0 Å². The number of benzene rings is 1. The number of amides is 1. The Morgan fingerprint density at radius 2 is 1.79 bits per heavy atom. The van der Waals surface area contributed by atoms with E-state index in [2.05, 4.69) is 0 Å². The summed E-state index contributed by atoms with van der Waals surface area (Å²) >= 11 is 0. The summed E-state index contributed by atoms with van der Waals surface area (Å²) < 4.78 is 72.3. The number of nitro benzene ring substituents is 1. The summed E-state index contributed by atoms with van der Waals surface area (Å²) in [5, 5.41) is 13.0. The fourth-order valence-electron chi connectivity index (χ4n) is 3.37. The summed E-state index contributed by atoms with van der Waals surface area (Å²) in [6.07, 6.45) is -5.01. The third-order valence-corrected chi connectivity index (χ3v) is 4.98. The number of rotatable bonds is 4.